The standard InChI is InChI=1S/C27H24N2O3/c1-17-11-13-18(14-12-17)25-24(21-9-5-6-10-22(21)28-25)26-19-7-3-4-8-20(19)27(31)29(26)16-15-23(30)32-2/h3-14,26,28H,15-16H2,1-2H3/t26-/m0/s1. The number of aromatic nitrogens is 1. The molecule has 0 saturated heterocycles. The van der Waals surface area contributed by atoms with Crippen LogP contribution in [-0.2, 0) is 9.53 Å². The Morgan fingerprint density at radius 1 is 1.00 bits per heavy atom. The normalized spacial score (nSPS) is 15.2. The summed E-state index contributed by atoms with van der Waals surface area (Å²) in [5, 5.41) is 1.07. The fourth-order valence-corrected chi connectivity index (χ4v) is 4.62. The van der Waals surface area contributed by atoms with Crippen LogP contribution in [0.1, 0.15) is 39.5 Å². The molecule has 1 atom stereocenters. The summed E-state index contributed by atoms with van der Waals surface area (Å²) in [6, 6.07) is 24.0. The lowest BCUT2D eigenvalue weighted by atomic mass is 9.93. The van der Waals surface area contributed by atoms with E-state index in [0.717, 1.165) is 33.3 Å². The fourth-order valence-electron chi connectivity index (χ4n) is 4.62. The van der Waals surface area contributed by atoms with Crippen molar-refractivity contribution in [1.82, 2.24) is 9.88 Å². The SMILES string of the molecule is COC(=O)CCN1C(=O)c2ccccc2[C@H]1c1c(-c2ccc(C)cc2)[nH]c2ccccc12. The molecule has 1 amide bonds. The Kier molecular flexibility index (Phi) is 5.02. The molecule has 0 spiro atoms. The van der Waals surface area contributed by atoms with Crippen LogP contribution in [0, 0.1) is 6.92 Å². The summed E-state index contributed by atoms with van der Waals surface area (Å²) < 4.78 is 4.84. The van der Waals surface area contributed by atoms with Gasteiger partial charge in [-0.1, -0.05) is 66.2 Å². The first kappa shape index (κ1) is 20.1. The maximum absolute atomic E-state index is 13.4. The smallest absolute Gasteiger partial charge is 0.307 e. The zero-order valence-corrected chi connectivity index (χ0v) is 18.1. The quantitative estimate of drug-likeness (QED) is 0.445. The number of esters is 1. The molecule has 0 fully saturated rings. The van der Waals surface area contributed by atoms with Gasteiger partial charge in [0.25, 0.3) is 5.91 Å². The van der Waals surface area contributed by atoms with Crippen molar-refractivity contribution in [2.24, 2.45) is 0 Å². The Balaban J connectivity index is 1.73. The van der Waals surface area contributed by atoms with E-state index in [0.29, 0.717) is 5.56 Å². The van der Waals surface area contributed by atoms with Crippen molar-refractivity contribution in [3.8, 4) is 11.3 Å². The Morgan fingerprint density at radius 2 is 1.72 bits per heavy atom. The molecule has 0 bridgehead atoms. The topological polar surface area (TPSA) is 62.4 Å². The van der Waals surface area contributed by atoms with E-state index in [1.807, 2.05) is 36.4 Å². The predicted molar refractivity (Wildman–Crippen MR) is 124 cm³/mol. The first-order chi connectivity index (χ1) is 15.6. The van der Waals surface area contributed by atoms with Gasteiger partial charge >= 0.3 is 5.97 Å². The van der Waals surface area contributed by atoms with Gasteiger partial charge in [-0.05, 0) is 30.2 Å². The highest BCUT2D eigenvalue weighted by Gasteiger charge is 2.40. The van der Waals surface area contributed by atoms with Crippen LogP contribution in [0.3, 0.4) is 0 Å². The number of H-pyrrole nitrogens is 1. The second-order valence-electron chi connectivity index (χ2n) is 8.14. The molecule has 1 aromatic heterocycles. The molecule has 1 N–H and O–H groups in total. The maximum Gasteiger partial charge on any atom is 0.307 e. The van der Waals surface area contributed by atoms with E-state index in [1.165, 1.54) is 12.7 Å². The molecule has 0 radical (unpaired) electrons. The van der Waals surface area contributed by atoms with Gasteiger partial charge in [-0.15, -0.1) is 0 Å². The Morgan fingerprint density at radius 3 is 2.50 bits per heavy atom. The molecule has 4 aromatic rings. The molecular weight excluding hydrogens is 400 g/mol. The van der Waals surface area contributed by atoms with Crippen LogP contribution in [0.4, 0.5) is 0 Å². The first-order valence-corrected chi connectivity index (χ1v) is 10.7. The second kappa shape index (κ2) is 8.00. The van der Waals surface area contributed by atoms with Crippen LogP contribution in [0.2, 0.25) is 0 Å². The van der Waals surface area contributed by atoms with Crippen molar-refractivity contribution in [2.75, 3.05) is 13.7 Å². The van der Waals surface area contributed by atoms with Crippen molar-refractivity contribution >= 4 is 22.8 Å². The lowest BCUT2D eigenvalue weighted by Gasteiger charge is -2.26. The maximum atomic E-state index is 13.4. The van der Waals surface area contributed by atoms with Crippen LogP contribution >= 0.6 is 0 Å². The molecule has 2 heterocycles. The van der Waals surface area contributed by atoms with E-state index in [9.17, 15) is 9.59 Å². The van der Waals surface area contributed by atoms with Crippen LogP contribution in [0.5, 0.6) is 0 Å². The van der Waals surface area contributed by atoms with Crippen LogP contribution in [0.15, 0.2) is 72.8 Å². The summed E-state index contributed by atoms with van der Waals surface area (Å²) >= 11 is 0. The summed E-state index contributed by atoms with van der Waals surface area (Å²) in [6.45, 7) is 2.36. The zero-order valence-electron chi connectivity index (χ0n) is 18.1. The average Bonchev–Trinajstić information content (AvgIpc) is 3.33. The number of nitrogens with one attached hydrogen (secondary N) is 1. The minimum atomic E-state index is -0.329. The largest absolute Gasteiger partial charge is 0.469 e. The van der Waals surface area contributed by atoms with Crippen molar-refractivity contribution in [3.63, 3.8) is 0 Å². The van der Waals surface area contributed by atoms with Gasteiger partial charge in [0.1, 0.15) is 0 Å². The van der Waals surface area contributed by atoms with E-state index in [4.69, 9.17) is 4.74 Å². The zero-order chi connectivity index (χ0) is 22.2. The predicted octanol–water partition coefficient (Wildman–Crippen LogP) is 5.25. The molecule has 0 unspecified atom stereocenters. The molecule has 5 heteroatoms. The van der Waals surface area contributed by atoms with E-state index in [-0.39, 0.29) is 30.9 Å². The summed E-state index contributed by atoms with van der Waals surface area (Å²) in [5.41, 5.74) is 6.95. The fraction of sp³-hybridized carbons (Fsp3) is 0.185. The summed E-state index contributed by atoms with van der Waals surface area (Å²) in [4.78, 5) is 30.7. The third kappa shape index (κ3) is 3.26. The molecule has 0 saturated carbocycles. The number of aromatic amines is 1. The number of fused-ring (bicyclic) bond motifs is 2. The summed E-state index contributed by atoms with van der Waals surface area (Å²) in [5.74, 6) is -0.389. The molecule has 1 aliphatic rings. The second-order valence-corrected chi connectivity index (χ2v) is 8.14. The van der Waals surface area contributed by atoms with Crippen molar-refractivity contribution in [2.45, 2.75) is 19.4 Å². The van der Waals surface area contributed by atoms with Crippen LogP contribution in [-0.4, -0.2) is 35.4 Å². The third-order valence-electron chi connectivity index (χ3n) is 6.20. The van der Waals surface area contributed by atoms with Gasteiger partial charge in [0.15, 0.2) is 0 Å². The number of methoxy groups -OCH3 is 1. The molecular formula is C27H24N2O3. The van der Waals surface area contributed by atoms with Gasteiger partial charge in [-0.2, -0.15) is 0 Å². The van der Waals surface area contributed by atoms with Gasteiger partial charge in [0.2, 0.25) is 0 Å². The lowest BCUT2D eigenvalue weighted by Crippen LogP contribution is -2.31. The third-order valence-corrected chi connectivity index (χ3v) is 6.20. The lowest BCUT2D eigenvalue weighted by molar-refractivity contribution is -0.140. The molecule has 0 aliphatic carbocycles. The molecule has 32 heavy (non-hydrogen) atoms. The highest BCUT2D eigenvalue weighted by atomic mass is 16.5. The number of nitrogens with zero attached hydrogens (tertiary/aromatic N) is 1. The van der Waals surface area contributed by atoms with Crippen molar-refractivity contribution in [1.29, 1.82) is 0 Å². The highest BCUT2D eigenvalue weighted by Crippen LogP contribution is 2.45. The Bertz CT molecular complexity index is 1320. The van der Waals surface area contributed by atoms with Gasteiger partial charge in [0.05, 0.1) is 25.3 Å². The monoisotopic (exact) mass is 424 g/mol. The van der Waals surface area contributed by atoms with Crippen LogP contribution < -0.4 is 0 Å². The molecule has 1 aliphatic heterocycles. The summed E-state index contributed by atoms with van der Waals surface area (Å²) in [6.07, 6.45) is 0.148. The molecule has 3 aromatic carbocycles. The average molecular weight is 425 g/mol. The number of hydrogen-bond donors (Lipinski definition) is 1. The first-order valence-electron chi connectivity index (χ1n) is 10.7. The van der Waals surface area contributed by atoms with Gasteiger partial charge in [-0.25, -0.2) is 0 Å². The van der Waals surface area contributed by atoms with Gasteiger partial charge < -0.3 is 14.6 Å². The summed E-state index contributed by atoms with van der Waals surface area (Å²) in [7, 11) is 1.37. The molecule has 160 valence electrons. The van der Waals surface area contributed by atoms with Gasteiger partial charge in [0, 0.05) is 28.6 Å². The van der Waals surface area contributed by atoms with E-state index in [1.54, 1.807) is 4.90 Å². The Hall–Kier alpha value is -3.86. The number of benzene rings is 3. The van der Waals surface area contributed by atoms with Crippen molar-refractivity contribution < 1.29 is 14.3 Å². The van der Waals surface area contributed by atoms with E-state index in [2.05, 4.69) is 48.3 Å². The number of ether oxygens (including phenoxy) is 1. The van der Waals surface area contributed by atoms with Crippen molar-refractivity contribution in [3.05, 3.63) is 95.1 Å². The molecule has 5 rings (SSSR count). The number of para-hydroxylation sites is 1. The van der Waals surface area contributed by atoms with E-state index < -0.39 is 0 Å². The minimum absolute atomic E-state index is 0.0605. The number of carbonyl (C=O) groups excluding carboxylic acids is 2. The Labute approximate surface area is 186 Å². The number of aryl methyl sites for hydroxylation is 1. The van der Waals surface area contributed by atoms with Gasteiger partial charge in [-0.3, -0.25) is 9.59 Å². The number of hydrogen-bond acceptors (Lipinski definition) is 3. The number of amides is 1. The minimum Gasteiger partial charge on any atom is -0.469 e. The highest BCUT2D eigenvalue weighted by molar-refractivity contribution is 6.02. The molecule has 5 nitrogen and oxygen atoms in total. The number of rotatable bonds is 5. The van der Waals surface area contributed by atoms with E-state index >= 15 is 0 Å². The van der Waals surface area contributed by atoms with Crippen LogP contribution in [0.25, 0.3) is 22.2 Å². The number of carbonyl (C=O) groups is 2.